The Kier molecular flexibility index (Phi) is 4.86. The van der Waals surface area contributed by atoms with E-state index < -0.39 is 0 Å². The second kappa shape index (κ2) is 7.60. The monoisotopic (exact) mass is 372 g/mol. The van der Waals surface area contributed by atoms with Gasteiger partial charge in [-0.25, -0.2) is 4.98 Å². The minimum atomic E-state index is -0.124. The third-order valence-electron chi connectivity index (χ3n) is 4.39. The maximum Gasteiger partial charge on any atom is 0.277 e. The molecule has 0 unspecified atom stereocenters. The average molecular weight is 373 g/mol. The first-order chi connectivity index (χ1) is 13.2. The lowest BCUT2D eigenvalue weighted by Gasteiger charge is -2.11. The summed E-state index contributed by atoms with van der Waals surface area (Å²) in [6.45, 7) is 0.496. The molecule has 3 nitrogen and oxygen atoms in total. The highest BCUT2D eigenvalue weighted by Gasteiger charge is 2.09. The summed E-state index contributed by atoms with van der Waals surface area (Å²) in [6.07, 6.45) is 3.56. The van der Waals surface area contributed by atoms with Crippen LogP contribution in [0.25, 0.3) is 23.2 Å². The number of benzene rings is 3. The molecule has 0 aliphatic heterocycles. The lowest BCUT2D eigenvalue weighted by Crippen LogP contribution is -2.24. The molecule has 0 aliphatic rings. The first-order valence-electron chi connectivity index (χ1n) is 8.68. The molecular weight excluding hydrogens is 356 g/mol. The first-order valence-corrected chi connectivity index (χ1v) is 9.06. The predicted molar refractivity (Wildman–Crippen MR) is 112 cm³/mol. The van der Waals surface area contributed by atoms with Crippen molar-refractivity contribution in [2.45, 2.75) is 6.54 Å². The summed E-state index contributed by atoms with van der Waals surface area (Å²) in [6, 6.07) is 25.1. The second-order valence-electron chi connectivity index (χ2n) is 6.22. The topological polar surface area (TPSA) is 34.9 Å². The highest BCUT2D eigenvalue weighted by Crippen LogP contribution is 2.18. The van der Waals surface area contributed by atoms with Gasteiger partial charge < -0.3 is 4.57 Å². The molecule has 132 valence electrons. The molecule has 0 amide bonds. The molecule has 0 saturated carbocycles. The number of fused-ring (bicyclic) bond motifs is 1. The number of para-hydroxylation sites is 2. The van der Waals surface area contributed by atoms with E-state index in [9.17, 15) is 4.79 Å². The van der Waals surface area contributed by atoms with E-state index in [0.29, 0.717) is 17.3 Å². The van der Waals surface area contributed by atoms with Crippen LogP contribution in [0.5, 0.6) is 0 Å². The lowest BCUT2D eigenvalue weighted by atomic mass is 10.2. The average Bonchev–Trinajstić information content (AvgIpc) is 2.71. The SMILES string of the molecule is O=c1c(/C=C/c2ccccc2Cl)nc2ccccc2n1Cc1ccccc1. The van der Waals surface area contributed by atoms with Crippen molar-refractivity contribution >= 4 is 34.8 Å². The highest BCUT2D eigenvalue weighted by atomic mass is 35.5. The van der Waals surface area contributed by atoms with E-state index in [2.05, 4.69) is 4.98 Å². The van der Waals surface area contributed by atoms with Crippen LogP contribution in [-0.4, -0.2) is 9.55 Å². The molecule has 0 atom stereocenters. The molecule has 0 aliphatic carbocycles. The van der Waals surface area contributed by atoms with E-state index in [1.165, 1.54) is 0 Å². The molecule has 1 heterocycles. The van der Waals surface area contributed by atoms with Crippen LogP contribution in [0.4, 0.5) is 0 Å². The Morgan fingerprint density at radius 2 is 1.56 bits per heavy atom. The standard InChI is InChI=1S/C23H17ClN2O/c24-19-11-5-4-10-18(19)14-15-21-23(27)26(16-17-8-2-1-3-9-17)22-13-7-6-12-20(22)25-21/h1-15H,16H2/b15-14+. The van der Waals surface area contributed by atoms with Crippen molar-refractivity contribution in [1.29, 1.82) is 0 Å². The van der Waals surface area contributed by atoms with Gasteiger partial charge in [-0.2, -0.15) is 0 Å². The number of halogens is 1. The largest absolute Gasteiger partial charge is 0.300 e. The molecule has 4 heteroatoms. The molecule has 0 bridgehead atoms. The zero-order valence-corrected chi connectivity index (χ0v) is 15.3. The van der Waals surface area contributed by atoms with Crippen LogP contribution in [0.3, 0.4) is 0 Å². The van der Waals surface area contributed by atoms with Gasteiger partial charge in [0.2, 0.25) is 0 Å². The van der Waals surface area contributed by atoms with Crippen molar-refractivity contribution in [1.82, 2.24) is 9.55 Å². The molecule has 1 aromatic heterocycles. The van der Waals surface area contributed by atoms with E-state index in [1.54, 1.807) is 10.6 Å². The van der Waals surface area contributed by atoms with E-state index in [-0.39, 0.29) is 5.56 Å². The number of nitrogens with zero attached hydrogens (tertiary/aromatic N) is 2. The number of hydrogen-bond donors (Lipinski definition) is 0. The van der Waals surface area contributed by atoms with Crippen molar-refractivity contribution in [3.8, 4) is 0 Å². The van der Waals surface area contributed by atoms with Gasteiger partial charge in [0, 0.05) is 5.02 Å². The summed E-state index contributed by atoms with van der Waals surface area (Å²) >= 11 is 6.21. The van der Waals surface area contributed by atoms with Crippen LogP contribution < -0.4 is 5.56 Å². The Morgan fingerprint density at radius 1 is 0.852 bits per heavy atom. The fraction of sp³-hybridized carbons (Fsp3) is 0.0435. The Hall–Kier alpha value is -3.17. The van der Waals surface area contributed by atoms with Gasteiger partial charge in [0.1, 0.15) is 5.69 Å². The minimum Gasteiger partial charge on any atom is -0.300 e. The number of rotatable bonds is 4. The van der Waals surface area contributed by atoms with Gasteiger partial charge in [0.15, 0.2) is 0 Å². The van der Waals surface area contributed by atoms with Gasteiger partial charge in [-0.3, -0.25) is 4.79 Å². The Morgan fingerprint density at radius 3 is 2.37 bits per heavy atom. The summed E-state index contributed by atoms with van der Waals surface area (Å²) in [5, 5.41) is 0.638. The number of hydrogen-bond acceptors (Lipinski definition) is 2. The van der Waals surface area contributed by atoms with Gasteiger partial charge >= 0.3 is 0 Å². The van der Waals surface area contributed by atoms with Crippen molar-refractivity contribution in [3.63, 3.8) is 0 Å². The van der Waals surface area contributed by atoms with Gasteiger partial charge in [-0.1, -0.05) is 78.3 Å². The molecule has 4 aromatic rings. The van der Waals surface area contributed by atoms with Crippen LogP contribution in [0.2, 0.25) is 5.02 Å². The van der Waals surface area contributed by atoms with Gasteiger partial charge in [0.25, 0.3) is 5.56 Å². The molecule has 27 heavy (non-hydrogen) atoms. The second-order valence-corrected chi connectivity index (χ2v) is 6.62. The quantitative estimate of drug-likeness (QED) is 0.489. The maximum absolute atomic E-state index is 13.1. The van der Waals surface area contributed by atoms with Gasteiger partial charge in [0.05, 0.1) is 17.6 Å². The van der Waals surface area contributed by atoms with E-state index in [1.807, 2.05) is 84.9 Å². The first kappa shape index (κ1) is 17.3. The maximum atomic E-state index is 13.1. The minimum absolute atomic E-state index is 0.124. The summed E-state index contributed by atoms with van der Waals surface area (Å²) < 4.78 is 1.77. The Balaban J connectivity index is 1.83. The normalized spacial score (nSPS) is 11.3. The van der Waals surface area contributed by atoms with Crippen LogP contribution in [0.15, 0.2) is 83.7 Å². The van der Waals surface area contributed by atoms with Crippen LogP contribution in [-0.2, 0) is 6.54 Å². The Labute approximate surface area is 162 Å². The smallest absolute Gasteiger partial charge is 0.277 e. The Bertz CT molecular complexity index is 1180. The van der Waals surface area contributed by atoms with E-state index in [4.69, 9.17) is 11.6 Å². The number of aromatic nitrogens is 2. The lowest BCUT2D eigenvalue weighted by molar-refractivity contribution is 0.784. The van der Waals surface area contributed by atoms with E-state index >= 15 is 0 Å². The molecule has 4 rings (SSSR count). The zero-order chi connectivity index (χ0) is 18.6. The van der Waals surface area contributed by atoms with E-state index in [0.717, 1.165) is 22.2 Å². The zero-order valence-electron chi connectivity index (χ0n) is 14.5. The van der Waals surface area contributed by atoms with Crippen LogP contribution in [0.1, 0.15) is 16.8 Å². The summed E-state index contributed by atoms with van der Waals surface area (Å²) in [4.78, 5) is 17.7. The highest BCUT2D eigenvalue weighted by molar-refractivity contribution is 6.32. The summed E-state index contributed by atoms with van der Waals surface area (Å²) in [5.41, 5.74) is 3.79. The van der Waals surface area contributed by atoms with Gasteiger partial charge in [-0.15, -0.1) is 0 Å². The summed E-state index contributed by atoms with van der Waals surface area (Å²) in [7, 11) is 0. The van der Waals surface area contributed by atoms with Gasteiger partial charge in [-0.05, 0) is 35.4 Å². The van der Waals surface area contributed by atoms with Crippen molar-refractivity contribution in [2.24, 2.45) is 0 Å². The molecule has 3 aromatic carbocycles. The third kappa shape index (κ3) is 3.69. The fourth-order valence-corrected chi connectivity index (χ4v) is 3.22. The van der Waals surface area contributed by atoms with Crippen molar-refractivity contribution in [3.05, 3.63) is 111 Å². The van der Waals surface area contributed by atoms with Crippen molar-refractivity contribution in [2.75, 3.05) is 0 Å². The third-order valence-corrected chi connectivity index (χ3v) is 4.73. The molecule has 0 N–H and O–H groups in total. The predicted octanol–water partition coefficient (Wildman–Crippen LogP) is 5.27. The molecule has 0 saturated heterocycles. The molecule has 0 spiro atoms. The van der Waals surface area contributed by atoms with Crippen molar-refractivity contribution < 1.29 is 0 Å². The summed E-state index contributed by atoms with van der Waals surface area (Å²) in [5.74, 6) is 0. The molecule has 0 fully saturated rings. The van der Waals surface area contributed by atoms with Crippen LogP contribution in [0, 0.1) is 0 Å². The molecule has 0 radical (unpaired) electrons. The van der Waals surface area contributed by atoms with Crippen LogP contribution >= 0.6 is 11.6 Å². The fourth-order valence-electron chi connectivity index (χ4n) is 3.02. The molecular formula is C23H17ClN2O.